The van der Waals surface area contributed by atoms with Crippen LogP contribution in [0.25, 0.3) is 11.1 Å². The van der Waals surface area contributed by atoms with E-state index in [0.29, 0.717) is 12.1 Å². The van der Waals surface area contributed by atoms with Gasteiger partial charge < -0.3 is 5.32 Å². The fraction of sp³-hybridized carbons (Fsp3) is 0.250. The summed E-state index contributed by atoms with van der Waals surface area (Å²) in [6.45, 7) is 4.51. The van der Waals surface area contributed by atoms with Crippen molar-refractivity contribution in [2.45, 2.75) is 19.9 Å². The molecule has 0 fully saturated rings. The summed E-state index contributed by atoms with van der Waals surface area (Å²) in [6.07, 6.45) is 0. The van der Waals surface area contributed by atoms with Crippen LogP contribution in [0.4, 0.5) is 13.2 Å². The maximum Gasteiger partial charge on any atom is 0.133 e. The van der Waals surface area contributed by atoms with Crippen LogP contribution in [0.2, 0.25) is 0 Å². The quantitative estimate of drug-likeness (QED) is 0.872. The summed E-state index contributed by atoms with van der Waals surface area (Å²) in [7, 11) is 0. The van der Waals surface area contributed by atoms with Gasteiger partial charge >= 0.3 is 0 Å². The summed E-state index contributed by atoms with van der Waals surface area (Å²) in [4.78, 5) is 0. The Morgan fingerprint density at radius 3 is 2.30 bits per heavy atom. The molecule has 2 aromatic carbocycles. The molecule has 2 aromatic rings. The normalized spacial score (nSPS) is 12.4. The molecule has 0 spiro atoms. The van der Waals surface area contributed by atoms with E-state index in [4.69, 9.17) is 0 Å². The van der Waals surface area contributed by atoms with E-state index in [1.54, 1.807) is 6.07 Å². The van der Waals surface area contributed by atoms with Crippen LogP contribution in [0.5, 0.6) is 0 Å². The lowest BCUT2D eigenvalue weighted by Crippen LogP contribution is -2.18. The molecule has 0 heterocycles. The molecule has 1 atom stereocenters. The Morgan fingerprint density at radius 2 is 1.70 bits per heavy atom. The molecule has 0 aromatic heterocycles. The minimum absolute atomic E-state index is 0.130. The molecule has 0 bridgehead atoms. The lowest BCUT2D eigenvalue weighted by atomic mass is 9.94. The average Bonchev–Trinajstić information content (AvgIpc) is 2.39. The SMILES string of the molecule is CCNC(C)c1ccc(F)cc1-c1c(F)cccc1F. The van der Waals surface area contributed by atoms with Crippen LogP contribution < -0.4 is 5.32 Å². The van der Waals surface area contributed by atoms with Crippen LogP contribution in [0, 0.1) is 17.5 Å². The Balaban J connectivity index is 2.63. The molecule has 4 heteroatoms. The third-order valence-electron chi connectivity index (χ3n) is 3.22. The summed E-state index contributed by atoms with van der Waals surface area (Å²) in [5.74, 6) is -1.91. The van der Waals surface area contributed by atoms with Crippen molar-refractivity contribution in [3.63, 3.8) is 0 Å². The van der Waals surface area contributed by atoms with Gasteiger partial charge in [0, 0.05) is 6.04 Å². The molecule has 20 heavy (non-hydrogen) atoms. The summed E-state index contributed by atoms with van der Waals surface area (Å²) < 4.78 is 41.3. The van der Waals surface area contributed by atoms with Gasteiger partial charge in [0.15, 0.2) is 0 Å². The summed E-state index contributed by atoms with van der Waals surface area (Å²) in [5.41, 5.74) is 0.720. The second-order valence-electron chi connectivity index (χ2n) is 4.61. The number of benzene rings is 2. The van der Waals surface area contributed by atoms with Crippen LogP contribution in [0.1, 0.15) is 25.5 Å². The number of hydrogen-bond donors (Lipinski definition) is 1. The van der Waals surface area contributed by atoms with Crippen molar-refractivity contribution in [1.29, 1.82) is 0 Å². The van der Waals surface area contributed by atoms with Gasteiger partial charge in [0.25, 0.3) is 0 Å². The number of nitrogens with one attached hydrogen (secondary N) is 1. The van der Waals surface area contributed by atoms with Gasteiger partial charge in [-0.1, -0.05) is 19.1 Å². The van der Waals surface area contributed by atoms with E-state index in [9.17, 15) is 13.2 Å². The Bertz CT molecular complexity index is 590. The predicted molar refractivity (Wildman–Crippen MR) is 73.8 cm³/mol. The fourth-order valence-electron chi connectivity index (χ4n) is 2.29. The molecular weight excluding hydrogens is 263 g/mol. The summed E-state index contributed by atoms with van der Waals surface area (Å²) >= 11 is 0. The second-order valence-corrected chi connectivity index (χ2v) is 4.61. The van der Waals surface area contributed by atoms with Crippen LogP contribution in [0.3, 0.4) is 0 Å². The molecule has 0 radical (unpaired) electrons. The van der Waals surface area contributed by atoms with Crippen molar-refractivity contribution >= 4 is 0 Å². The van der Waals surface area contributed by atoms with Gasteiger partial charge in [0.2, 0.25) is 0 Å². The lowest BCUT2D eigenvalue weighted by Gasteiger charge is -2.18. The lowest BCUT2D eigenvalue weighted by molar-refractivity contribution is 0.579. The minimum atomic E-state index is -0.694. The predicted octanol–water partition coefficient (Wildman–Crippen LogP) is 4.44. The molecule has 1 unspecified atom stereocenters. The molecule has 0 saturated carbocycles. The van der Waals surface area contributed by atoms with Crippen LogP contribution >= 0.6 is 0 Å². The van der Waals surface area contributed by atoms with E-state index < -0.39 is 17.5 Å². The highest BCUT2D eigenvalue weighted by molar-refractivity contribution is 5.69. The van der Waals surface area contributed by atoms with Gasteiger partial charge in [-0.3, -0.25) is 0 Å². The molecule has 2 rings (SSSR count). The zero-order chi connectivity index (χ0) is 14.7. The van der Waals surface area contributed by atoms with Crippen LogP contribution in [-0.4, -0.2) is 6.54 Å². The highest BCUT2D eigenvalue weighted by Gasteiger charge is 2.18. The van der Waals surface area contributed by atoms with Crippen molar-refractivity contribution in [3.05, 3.63) is 59.4 Å². The first kappa shape index (κ1) is 14.6. The molecule has 0 aliphatic heterocycles. The third kappa shape index (κ3) is 2.85. The van der Waals surface area contributed by atoms with Crippen molar-refractivity contribution in [2.75, 3.05) is 6.54 Å². The zero-order valence-electron chi connectivity index (χ0n) is 11.4. The van der Waals surface area contributed by atoms with Crippen molar-refractivity contribution in [3.8, 4) is 11.1 Å². The van der Waals surface area contributed by atoms with E-state index >= 15 is 0 Å². The summed E-state index contributed by atoms with van der Waals surface area (Å²) in [5, 5.41) is 3.16. The van der Waals surface area contributed by atoms with Crippen LogP contribution in [0.15, 0.2) is 36.4 Å². The molecule has 0 saturated heterocycles. The summed E-state index contributed by atoms with van der Waals surface area (Å²) in [6, 6.07) is 7.53. The monoisotopic (exact) mass is 279 g/mol. The Hall–Kier alpha value is -1.81. The molecule has 1 nitrogen and oxygen atoms in total. The van der Waals surface area contributed by atoms with Gasteiger partial charge in [-0.15, -0.1) is 0 Å². The smallest absolute Gasteiger partial charge is 0.133 e. The first-order chi connectivity index (χ1) is 9.54. The maximum absolute atomic E-state index is 13.9. The highest BCUT2D eigenvalue weighted by atomic mass is 19.1. The van der Waals surface area contributed by atoms with Crippen molar-refractivity contribution in [2.24, 2.45) is 0 Å². The molecule has 0 aliphatic carbocycles. The Kier molecular flexibility index (Phi) is 4.45. The Morgan fingerprint density at radius 1 is 1.05 bits per heavy atom. The van der Waals surface area contributed by atoms with Gasteiger partial charge in [-0.25, -0.2) is 13.2 Å². The Labute approximate surface area is 116 Å². The molecular formula is C16H16F3N. The molecule has 1 N–H and O–H groups in total. The molecule has 106 valence electrons. The maximum atomic E-state index is 13.9. The minimum Gasteiger partial charge on any atom is -0.310 e. The van der Waals surface area contributed by atoms with Gasteiger partial charge in [-0.05, 0) is 48.9 Å². The van der Waals surface area contributed by atoms with Crippen molar-refractivity contribution in [1.82, 2.24) is 5.32 Å². The molecule has 0 aliphatic rings. The average molecular weight is 279 g/mol. The number of rotatable bonds is 4. The first-order valence-corrected chi connectivity index (χ1v) is 6.51. The van der Waals surface area contributed by atoms with E-state index in [0.717, 1.165) is 0 Å². The number of halogens is 3. The van der Waals surface area contributed by atoms with Crippen LogP contribution in [-0.2, 0) is 0 Å². The largest absolute Gasteiger partial charge is 0.310 e. The highest BCUT2D eigenvalue weighted by Crippen LogP contribution is 2.32. The topological polar surface area (TPSA) is 12.0 Å². The fourth-order valence-corrected chi connectivity index (χ4v) is 2.29. The van der Waals surface area contributed by atoms with E-state index in [2.05, 4.69) is 5.32 Å². The van der Waals surface area contributed by atoms with Gasteiger partial charge in [0.1, 0.15) is 17.5 Å². The zero-order valence-corrected chi connectivity index (χ0v) is 11.4. The van der Waals surface area contributed by atoms with Crippen molar-refractivity contribution < 1.29 is 13.2 Å². The third-order valence-corrected chi connectivity index (χ3v) is 3.22. The van der Waals surface area contributed by atoms with E-state index in [1.807, 2.05) is 13.8 Å². The van der Waals surface area contributed by atoms with Gasteiger partial charge in [0.05, 0.1) is 5.56 Å². The molecule has 0 amide bonds. The number of hydrogen-bond acceptors (Lipinski definition) is 1. The first-order valence-electron chi connectivity index (χ1n) is 6.51. The standard InChI is InChI=1S/C16H16F3N/c1-3-20-10(2)12-8-7-11(17)9-13(12)16-14(18)5-4-6-15(16)19/h4-10,20H,3H2,1-2H3. The van der Waals surface area contributed by atoms with Gasteiger partial charge in [-0.2, -0.15) is 0 Å². The second kappa shape index (κ2) is 6.09. The van der Waals surface area contributed by atoms with E-state index in [-0.39, 0.29) is 17.2 Å². The van der Waals surface area contributed by atoms with E-state index in [1.165, 1.54) is 30.3 Å².